The van der Waals surface area contributed by atoms with E-state index in [0.717, 1.165) is 38.7 Å². The third kappa shape index (κ3) is 6.90. The number of hydrogen-bond acceptors (Lipinski definition) is 4. The van der Waals surface area contributed by atoms with Crippen molar-refractivity contribution >= 4 is 5.97 Å². The summed E-state index contributed by atoms with van der Waals surface area (Å²) >= 11 is 0. The minimum Gasteiger partial charge on any atom is -0.480 e. The summed E-state index contributed by atoms with van der Waals surface area (Å²) in [6.07, 6.45) is 8.74. The number of carboxylic acid groups (broad SMARTS) is 1. The SMILES string of the molecule is CCC[C@H](C)[C@H](CC=C[C@H](N[C@@H]1CCCOC1)C(=O)O)OC. The highest BCUT2D eigenvalue weighted by atomic mass is 16.5. The molecule has 0 spiro atoms. The molecule has 5 heteroatoms. The van der Waals surface area contributed by atoms with Gasteiger partial charge in [0.05, 0.1) is 12.7 Å². The normalized spacial score (nSPS) is 23.3. The van der Waals surface area contributed by atoms with E-state index in [1.165, 1.54) is 0 Å². The highest BCUT2D eigenvalue weighted by Gasteiger charge is 2.21. The second kappa shape index (κ2) is 10.8. The first-order valence-corrected chi connectivity index (χ1v) is 8.34. The lowest BCUT2D eigenvalue weighted by atomic mass is 9.96. The van der Waals surface area contributed by atoms with Crippen LogP contribution in [-0.4, -0.2) is 49.6 Å². The molecule has 5 nitrogen and oxygen atoms in total. The van der Waals surface area contributed by atoms with Gasteiger partial charge in [0.25, 0.3) is 0 Å². The lowest BCUT2D eigenvalue weighted by molar-refractivity contribution is -0.138. The second-order valence-corrected chi connectivity index (χ2v) is 6.10. The Hall–Kier alpha value is -0.910. The van der Waals surface area contributed by atoms with E-state index in [1.54, 1.807) is 13.2 Å². The molecule has 22 heavy (non-hydrogen) atoms. The van der Waals surface area contributed by atoms with Crippen molar-refractivity contribution in [2.75, 3.05) is 20.3 Å². The number of carbonyl (C=O) groups is 1. The Morgan fingerprint density at radius 3 is 2.86 bits per heavy atom. The van der Waals surface area contributed by atoms with Crippen molar-refractivity contribution < 1.29 is 19.4 Å². The number of hydrogen-bond donors (Lipinski definition) is 2. The Morgan fingerprint density at radius 2 is 2.32 bits per heavy atom. The Labute approximate surface area is 134 Å². The molecule has 1 saturated heterocycles. The maximum Gasteiger partial charge on any atom is 0.324 e. The van der Waals surface area contributed by atoms with Gasteiger partial charge in [-0.1, -0.05) is 32.4 Å². The summed E-state index contributed by atoms with van der Waals surface area (Å²) in [4.78, 5) is 11.4. The molecule has 0 aromatic heterocycles. The lowest BCUT2D eigenvalue weighted by Crippen LogP contribution is -2.46. The van der Waals surface area contributed by atoms with E-state index >= 15 is 0 Å². The zero-order valence-electron chi connectivity index (χ0n) is 14.1. The van der Waals surface area contributed by atoms with Crippen molar-refractivity contribution in [2.45, 2.75) is 64.1 Å². The first-order chi connectivity index (χ1) is 10.6. The number of nitrogens with one attached hydrogen (secondary N) is 1. The second-order valence-electron chi connectivity index (χ2n) is 6.10. The van der Waals surface area contributed by atoms with Crippen LogP contribution in [-0.2, 0) is 14.3 Å². The molecule has 1 aliphatic rings. The molecular formula is C17H31NO4. The van der Waals surface area contributed by atoms with Gasteiger partial charge in [0.2, 0.25) is 0 Å². The van der Waals surface area contributed by atoms with Crippen LogP contribution in [0.2, 0.25) is 0 Å². The zero-order chi connectivity index (χ0) is 16.4. The number of methoxy groups -OCH3 is 1. The predicted molar refractivity (Wildman–Crippen MR) is 87.0 cm³/mol. The summed E-state index contributed by atoms with van der Waals surface area (Å²) in [5, 5.41) is 12.5. The average molecular weight is 313 g/mol. The molecule has 0 aromatic rings. The lowest BCUT2D eigenvalue weighted by Gasteiger charge is -2.25. The van der Waals surface area contributed by atoms with E-state index in [0.29, 0.717) is 12.5 Å². The number of aliphatic carboxylic acids is 1. The molecule has 1 heterocycles. The fourth-order valence-corrected chi connectivity index (χ4v) is 2.89. The zero-order valence-corrected chi connectivity index (χ0v) is 14.1. The van der Waals surface area contributed by atoms with Gasteiger partial charge in [-0.25, -0.2) is 0 Å². The van der Waals surface area contributed by atoms with Crippen molar-refractivity contribution in [3.63, 3.8) is 0 Å². The molecule has 0 aliphatic carbocycles. The third-order valence-electron chi connectivity index (χ3n) is 4.22. The summed E-state index contributed by atoms with van der Waals surface area (Å²) in [6.45, 7) is 5.70. The highest BCUT2D eigenvalue weighted by Crippen LogP contribution is 2.17. The van der Waals surface area contributed by atoms with E-state index in [1.807, 2.05) is 6.08 Å². The largest absolute Gasteiger partial charge is 0.480 e. The minimum absolute atomic E-state index is 0.122. The van der Waals surface area contributed by atoms with Crippen molar-refractivity contribution in [1.29, 1.82) is 0 Å². The van der Waals surface area contributed by atoms with Gasteiger partial charge in [0, 0.05) is 19.8 Å². The summed E-state index contributed by atoms with van der Waals surface area (Å²) in [5.41, 5.74) is 0. The first kappa shape index (κ1) is 19.1. The monoisotopic (exact) mass is 313 g/mol. The topological polar surface area (TPSA) is 67.8 Å². The van der Waals surface area contributed by atoms with Crippen LogP contribution in [0.1, 0.15) is 46.0 Å². The predicted octanol–water partition coefficient (Wildman–Crippen LogP) is 2.61. The summed E-state index contributed by atoms with van der Waals surface area (Å²) in [5.74, 6) is -0.375. The Kier molecular flexibility index (Phi) is 9.36. The van der Waals surface area contributed by atoms with Crippen LogP contribution in [0.25, 0.3) is 0 Å². The Bertz CT molecular complexity index is 340. The molecule has 0 saturated carbocycles. The quantitative estimate of drug-likeness (QED) is 0.607. The van der Waals surface area contributed by atoms with E-state index in [-0.39, 0.29) is 12.1 Å². The Morgan fingerprint density at radius 1 is 1.55 bits per heavy atom. The van der Waals surface area contributed by atoms with Crippen LogP contribution in [0, 0.1) is 5.92 Å². The number of carboxylic acids is 1. The van der Waals surface area contributed by atoms with E-state index in [9.17, 15) is 9.90 Å². The van der Waals surface area contributed by atoms with Gasteiger partial charge < -0.3 is 14.6 Å². The molecule has 4 atom stereocenters. The van der Waals surface area contributed by atoms with Gasteiger partial charge in [-0.15, -0.1) is 0 Å². The van der Waals surface area contributed by atoms with Gasteiger partial charge in [-0.2, -0.15) is 0 Å². The maximum absolute atomic E-state index is 11.4. The van der Waals surface area contributed by atoms with Crippen LogP contribution in [0.15, 0.2) is 12.2 Å². The molecule has 2 N–H and O–H groups in total. The molecule has 1 rings (SSSR count). The first-order valence-electron chi connectivity index (χ1n) is 8.34. The molecule has 1 aliphatic heterocycles. The van der Waals surface area contributed by atoms with Gasteiger partial charge in [-0.3, -0.25) is 10.1 Å². The van der Waals surface area contributed by atoms with Crippen molar-refractivity contribution in [1.82, 2.24) is 5.32 Å². The van der Waals surface area contributed by atoms with Gasteiger partial charge >= 0.3 is 5.97 Å². The van der Waals surface area contributed by atoms with E-state index in [2.05, 4.69) is 19.2 Å². The minimum atomic E-state index is -0.850. The van der Waals surface area contributed by atoms with Gasteiger partial charge in [-0.05, 0) is 31.6 Å². The Balaban J connectivity index is 2.48. The molecule has 128 valence electrons. The molecule has 0 aromatic carbocycles. The molecule has 0 amide bonds. The van der Waals surface area contributed by atoms with Gasteiger partial charge in [0.1, 0.15) is 6.04 Å². The van der Waals surface area contributed by atoms with E-state index in [4.69, 9.17) is 9.47 Å². The third-order valence-corrected chi connectivity index (χ3v) is 4.22. The van der Waals surface area contributed by atoms with Crippen LogP contribution >= 0.6 is 0 Å². The smallest absolute Gasteiger partial charge is 0.324 e. The molecule has 0 unspecified atom stereocenters. The van der Waals surface area contributed by atoms with Crippen molar-refractivity contribution in [3.05, 3.63) is 12.2 Å². The summed E-state index contributed by atoms with van der Waals surface area (Å²) in [6, 6.07) is -0.539. The fourth-order valence-electron chi connectivity index (χ4n) is 2.89. The fraction of sp³-hybridized carbons (Fsp3) is 0.824. The van der Waals surface area contributed by atoms with Crippen LogP contribution in [0.3, 0.4) is 0 Å². The van der Waals surface area contributed by atoms with Crippen LogP contribution < -0.4 is 5.32 Å². The standard InChI is InChI=1S/C17H31NO4/c1-4-7-13(2)16(21-3)10-5-9-15(17(19)20)18-14-8-6-11-22-12-14/h5,9,13-16,18H,4,6-8,10-12H2,1-3H3,(H,19,20)/t13-,14+,15-,16-/m0/s1. The van der Waals surface area contributed by atoms with Crippen molar-refractivity contribution in [2.24, 2.45) is 5.92 Å². The number of rotatable bonds is 10. The van der Waals surface area contributed by atoms with Crippen LogP contribution in [0.5, 0.6) is 0 Å². The average Bonchev–Trinajstić information content (AvgIpc) is 2.51. The molecule has 0 radical (unpaired) electrons. The summed E-state index contributed by atoms with van der Waals surface area (Å²) < 4.78 is 10.9. The van der Waals surface area contributed by atoms with Crippen LogP contribution in [0.4, 0.5) is 0 Å². The van der Waals surface area contributed by atoms with Crippen molar-refractivity contribution in [3.8, 4) is 0 Å². The number of ether oxygens (including phenoxy) is 2. The molecule has 1 fully saturated rings. The maximum atomic E-state index is 11.4. The molecular weight excluding hydrogens is 282 g/mol. The van der Waals surface area contributed by atoms with E-state index < -0.39 is 12.0 Å². The van der Waals surface area contributed by atoms with Gasteiger partial charge in [0.15, 0.2) is 0 Å². The highest BCUT2D eigenvalue weighted by molar-refractivity contribution is 5.75. The summed E-state index contributed by atoms with van der Waals surface area (Å²) in [7, 11) is 1.72. The molecule has 0 bridgehead atoms.